The van der Waals surface area contributed by atoms with E-state index in [0.717, 1.165) is 0 Å². The Labute approximate surface area is 70.6 Å². The Bertz CT molecular complexity index is 8.00. The zero-order valence-corrected chi connectivity index (χ0v) is 8.07. The minimum absolute atomic E-state index is 0. The Morgan fingerprint density at radius 1 is 1.25 bits per heavy atom. The van der Waals surface area contributed by atoms with Crippen LogP contribution in [-0.4, -0.2) is 71.7 Å². The van der Waals surface area contributed by atoms with Gasteiger partial charge in [0.05, 0.1) is 0 Å². The second-order valence-electron chi connectivity index (χ2n) is 0. The Morgan fingerprint density at radius 3 is 1.25 bits per heavy atom. The number of hydrogen-bond acceptors (Lipinski definition) is 0. The van der Waals surface area contributed by atoms with Gasteiger partial charge >= 0.3 is 54.3 Å². The average Bonchev–Trinajstić information content (AvgIpc) is 1.00. The molecule has 0 aliphatic heterocycles. The molecule has 0 amide bonds. The molecule has 0 spiro atoms. The van der Waals surface area contributed by atoms with Gasteiger partial charge in [0.25, 0.3) is 0 Å². The average molecular weight is 298 g/mol. The van der Waals surface area contributed by atoms with E-state index in [-0.39, 0.29) is 40.4 Å². The fourth-order valence-electron chi connectivity index (χ4n) is 0. The third-order valence-electron chi connectivity index (χ3n) is 0. The molecule has 24 valence electrons. The minimum atomic E-state index is 0. The quantitative estimate of drug-likeness (QED) is 0.398. The SMILES string of the molecule is [AlH3].[MgH2].[SiH3][BiH2]. The number of rotatable bonds is 0. The fraction of sp³-hybridized carbons (Fsp3) is 0. The predicted octanol–water partition coefficient (Wildman–Crippen LogP) is -4.20. The third-order valence-corrected chi connectivity index (χ3v) is 0. The standard InChI is InChI=1S/Al.Bi.Mg.H3Si.7H/h;;;1H3;;;;;;;. The summed E-state index contributed by atoms with van der Waals surface area (Å²) in [6, 6.07) is 0. The van der Waals surface area contributed by atoms with Gasteiger partial charge in [-0.1, -0.05) is 0 Å². The topological polar surface area (TPSA) is 0 Å². The zero-order valence-electron chi connectivity index (χ0n) is 1.58. The van der Waals surface area contributed by atoms with Crippen LogP contribution >= 0.6 is 0 Å². The van der Waals surface area contributed by atoms with Crippen LogP contribution in [0.1, 0.15) is 0 Å². The van der Waals surface area contributed by atoms with Gasteiger partial charge in [0.1, 0.15) is 0 Å². The van der Waals surface area contributed by atoms with Crippen molar-refractivity contribution in [2.75, 3.05) is 0 Å². The normalized spacial score (nSPS) is 2.25. The van der Waals surface area contributed by atoms with Gasteiger partial charge in [-0.05, 0) is 0 Å². The summed E-state index contributed by atoms with van der Waals surface area (Å²) in [5.74, 6) is 0. The Morgan fingerprint density at radius 2 is 1.25 bits per heavy atom. The summed E-state index contributed by atoms with van der Waals surface area (Å²) in [7, 11) is 1.47. The van der Waals surface area contributed by atoms with E-state index in [4.69, 9.17) is 0 Å². The molecule has 4 heavy (non-hydrogen) atoms. The van der Waals surface area contributed by atoms with Gasteiger partial charge in [0.2, 0.25) is 0 Å². The van der Waals surface area contributed by atoms with Crippen molar-refractivity contribution in [3.8, 4) is 0 Å². The van der Waals surface area contributed by atoms with Crippen molar-refractivity contribution < 1.29 is 0 Å². The molecular weight excluding hydrogens is 288 g/mol. The molecule has 0 saturated carbocycles. The molecule has 0 aromatic carbocycles. The van der Waals surface area contributed by atoms with Crippen molar-refractivity contribution in [3.05, 3.63) is 0 Å². The van der Waals surface area contributed by atoms with Crippen molar-refractivity contribution in [2.45, 2.75) is 0 Å². The second-order valence-corrected chi connectivity index (χ2v) is 0. The molecular formula is H10AlBiMgSi. The van der Waals surface area contributed by atoms with Crippen molar-refractivity contribution in [3.63, 3.8) is 0 Å². The van der Waals surface area contributed by atoms with E-state index in [1.807, 2.05) is 0 Å². The van der Waals surface area contributed by atoms with E-state index in [9.17, 15) is 0 Å². The van der Waals surface area contributed by atoms with Crippen LogP contribution in [0.2, 0.25) is 0 Å². The van der Waals surface area contributed by atoms with Gasteiger partial charge in [0.15, 0.2) is 17.4 Å². The molecule has 0 fully saturated rings. The first kappa shape index (κ1) is 16.1. The molecule has 0 nitrogen and oxygen atoms in total. The monoisotopic (exact) mass is 298 g/mol. The summed E-state index contributed by atoms with van der Waals surface area (Å²) in [4.78, 5) is 0. The molecule has 0 radical (unpaired) electrons. The molecule has 0 N–H and O–H groups in total. The molecule has 0 aliphatic rings. The Balaban J connectivity index is -0.00000000500. The first-order valence-electron chi connectivity index (χ1n) is 0.577. The summed E-state index contributed by atoms with van der Waals surface area (Å²) in [6.07, 6.45) is 0. The summed E-state index contributed by atoms with van der Waals surface area (Å²) in [5.41, 5.74) is 0. The number of hydrogen-bond donors (Lipinski definition) is 0. The van der Waals surface area contributed by atoms with Crippen molar-refractivity contribution in [1.29, 1.82) is 0 Å². The van der Waals surface area contributed by atoms with Crippen LogP contribution in [0.25, 0.3) is 0 Å². The van der Waals surface area contributed by atoms with Gasteiger partial charge in [-0.15, -0.1) is 0 Å². The summed E-state index contributed by atoms with van der Waals surface area (Å²) in [6.45, 7) is 0. The molecule has 0 atom stereocenters. The van der Waals surface area contributed by atoms with Crippen LogP contribution in [0.3, 0.4) is 0 Å². The predicted molar refractivity (Wildman–Crippen MR) is 37.0 cm³/mol. The first-order valence-corrected chi connectivity index (χ1v) is 15.2. The van der Waals surface area contributed by atoms with Crippen LogP contribution in [0, 0.1) is 0 Å². The van der Waals surface area contributed by atoms with Crippen LogP contribution in [0.5, 0.6) is 0 Å². The Hall–Kier alpha value is 2.40. The van der Waals surface area contributed by atoms with Crippen LogP contribution < -0.4 is 0 Å². The molecule has 0 rings (SSSR count). The molecule has 0 saturated heterocycles. The molecule has 0 bridgehead atoms. The van der Waals surface area contributed by atoms with Gasteiger partial charge in [-0.25, -0.2) is 0 Å². The van der Waals surface area contributed by atoms with Crippen LogP contribution in [-0.2, 0) is 0 Å². The van der Waals surface area contributed by atoms with Crippen molar-refractivity contribution in [2.24, 2.45) is 0 Å². The van der Waals surface area contributed by atoms with Gasteiger partial charge in [-0.2, -0.15) is 0 Å². The van der Waals surface area contributed by atoms with E-state index >= 15 is 0 Å². The maximum atomic E-state index is 1.47. The summed E-state index contributed by atoms with van der Waals surface area (Å²) < 4.78 is 0. The molecule has 0 heterocycles. The van der Waals surface area contributed by atoms with Gasteiger partial charge in [-0.3, -0.25) is 0 Å². The Kier molecular flexibility index (Phi) is 73.3. The maximum absolute atomic E-state index is 1.47. The molecule has 4 heteroatoms. The zero-order chi connectivity index (χ0) is 2.00. The third kappa shape index (κ3) is 8.83. The second kappa shape index (κ2) is 18.2. The van der Waals surface area contributed by atoms with Gasteiger partial charge in [0, 0.05) is 0 Å². The van der Waals surface area contributed by atoms with E-state index in [1.165, 1.54) is 31.2 Å². The summed E-state index contributed by atoms with van der Waals surface area (Å²) >= 11 is 1.31. The van der Waals surface area contributed by atoms with Gasteiger partial charge < -0.3 is 0 Å². The van der Waals surface area contributed by atoms with E-state index in [2.05, 4.69) is 0 Å². The summed E-state index contributed by atoms with van der Waals surface area (Å²) in [5, 5.41) is 0. The molecule has 0 unspecified atom stereocenters. The van der Waals surface area contributed by atoms with Crippen LogP contribution in [0.4, 0.5) is 0 Å². The van der Waals surface area contributed by atoms with E-state index in [1.54, 1.807) is 0 Å². The molecule has 0 aromatic heterocycles. The fourth-order valence-corrected chi connectivity index (χ4v) is 0. The van der Waals surface area contributed by atoms with E-state index in [0.29, 0.717) is 0 Å². The van der Waals surface area contributed by atoms with Crippen molar-refractivity contribution >= 4 is 71.7 Å². The first-order chi connectivity index (χ1) is 1.00. The van der Waals surface area contributed by atoms with Crippen LogP contribution in [0.15, 0.2) is 0 Å². The van der Waals surface area contributed by atoms with E-state index < -0.39 is 0 Å². The molecule has 0 aliphatic carbocycles. The molecule has 0 aromatic rings. The van der Waals surface area contributed by atoms with Crippen molar-refractivity contribution in [1.82, 2.24) is 0 Å².